The highest BCUT2D eigenvalue weighted by atomic mass is 32.1. The minimum atomic E-state index is 0.231. The molecule has 136 valence electrons. The van der Waals surface area contributed by atoms with Crippen molar-refractivity contribution in [3.63, 3.8) is 0 Å². The van der Waals surface area contributed by atoms with E-state index in [1.807, 2.05) is 41.7 Å². The van der Waals surface area contributed by atoms with Crippen molar-refractivity contribution in [2.45, 2.75) is 19.8 Å². The monoisotopic (exact) mass is 381 g/mol. The summed E-state index contributed by atoms with van der Waals surface area (Å²) in [5.41, 5.74) is 2.03. The van der Waals surface area contributed by atoms with Crippen LogP contribution in [-0.4, -0.2) is 15.0 Å². The molecular weight excluding hydrogens is 362 g/mol. The van der Waals surface area contributed by atoms with E-state index in [4.69, 9.17) is 15.0 Å². The molecule has 3 aromatic carbocycles. The molecule has 0 spiro atoms. The highest BCUT2D eigenvalue weighted by Crippen LogP contribution is 2.36. The van der Waals surface area contributed by atoms with Crippen LogP contribution in [0.5, 0.6) is 0 Å². The Labute approximate surface area is 167 Å². The number of rotatable bonds is 3. The third kappa shape index (κ3) is 2.96. The Hall–Kier alpha value is -3.11. The van der Waals surface area contributed by atoms with Crippen molar-refractivity contribution in [3.05, 3.63) is 78.6 Å². The van der Waals surface area contributed by atoms with E-state index in [2.05, 4.69) is 56.3 Å². The van der Waals surface area contributed by atoms with Gasteiger partial charge in [0.25, 0.3) is 0 Å². The number of hydrogen-bond acceptors (Lipinski definition) is 4. The van der Waals surface area contributed by atoms with Gasteiger partial charge in [-0.15, -0.1) is 11.3 Å². The number of benzene rings is 3. The summed E-state index contributed by atoms with van der Waals surface area (Å²) in [5.74, 6) is 2.51. The van der Waals surface area contributed by atoms with E-state index in [0.717, 1.165) is 28.6 Å². The van der Waals surface area contributed by atoms with Gasteiger partial charge >= 0.3 is 0 Å². The fraction of sp³-hybridized carbons (Fsp3) is 0.125. The van der Waals surface area contributed by atoms with Crippen LogP contribution in [0.3, 0.4) is 0 Å². The van der Waals surface area contributed by atoms with Crippen molar-refractivity contribution < 1.29 is 0 Å². The third-order valence-corrected chi connectivity index (χ3v) is 5.99. The molecule has 0 N–H and O–H groups in total. The topological polar surface area (TPSA) is 38.7 Å². The summed E-state index contributed by atoms with van der Waals surface area (Å²) >= 11 is 1.82. The number of nitrogens with zero attached hydrogens (tertiary/aromatic N) is 3. The highest BCUT2D eigenvalue weighted by Gasteiger charge is 2.14. The lowest BCUT2D eigenvalue weighted by atomic mass is 10.1. The van der Waals surface area contributed by atoms with Crippen LogP contribution in [0.1, 0.15) is 25.6 Å². The van der Waals surface area contributed by atoms with Crippen molar-refractivity contribution >= 4 is 31.5 Å². The van der Waals surface area contributed by atoms with Crippen LogP contribution in [0.15, 0.2) is 72.8 Å². The van der Waals surface area contributed by atoms with Gasteiger partial charge in [-0.1, -0.05) is 62.4 Å². The Morgan fingerprint density at radius 2 is 1.32 bits per heavy atom. The number of aromatic nitrogens is 3. The van der Waals surface area contributed by atoms with Crippen molar-refractivity contribution in [3.8, 4) is 22.8 Å². The summed E-state index contributed by atoms with van der Waals surface area (Å²) < 4.78 is 2.59. The van der Waals surface area contributed by atoms with Crippen LogP contribution in [0.25, 0.3) is 42.9 Å². The molecule has 0 aliphatic heterocycles. The zero-order valence-corrected chi connectivity index (χ0v) is 16.6. The first-order valence-corrected chi connectivity index (χ1v) is 10.2. The third-order valence-electron chi connectivity index (χ3n) is 4.84. The summed E-state index contributed by atoms with van der Waals surface area (Å²) in [6.45, 7) is 4.23. The summed E-state index contributed by atoms with van der Waals surface area (Å²) in [6, 6.07) is 25.1. The fourth-order valence-corrected chi connectivity index (χ4v) is 4.45. The molecule has 4 heteroatoms. The lowest BCUT2D eigenvalue weighted by molar-refractivity contribution is 0.766. The van der Waals surface area contributed by atoms with Crippen LogP contribution < -0.4 is 0 Å². The molecule has 0 aliphatic carbocycles. The summed E-state index contributed by atoms with van der Waals surface area (Å²) in [5, 5.41) is 2.54. The second kappa shape index (κ2) is 6.80. The maximum atomic E-state index is 4.81. The molecule has 2 aromatic heterocycles. The van der Waals surface area contributed by atoms with Gasteiger partial charge in [-0.25, -0.2) is 15.0 Å². The molecule has 0 aliphatic rings. The van der Waals surface area contributed by atoms with E-state index in [0.29, 0.717) is 0 Å². The van der Waals surface area contributed by atoms with Gasteiger partial charge in [-0.2, -0.15) is 0 Å². The molecule has 0 radical (unpaired) electrons. The SMILES string of the molecule is CC(C)c1nc(-c2ccccc2)nc(-c2ccc3sc4ccccc4c3c2)n1. The van der Waals surface area contributed by atoms with Gasteiger partial charge in [-0.3, -0.25) is 0 Å². The van der Waals surface area contributed by atoms with Gasteiger partial charge in [0.2, 0.25) is 0 Å². The molecule has 0 unspecified atom stereocenters. The highest BCUT2D eigenvalue weighted by molar-refractivity contribution is 7.25. The van der Waals surface area contributed by atoms with Crippen molar-refractivity contribution in [2.75, 3.05) is 0 Å². The smallest absolute Gasteiger partial charge is 0.163 e. The standard InChI is InChI=1S/C24H19N3S/c1-15(2)22-25-23(16-8-4-3-5-9-16)27-24(26-22)17-12-13-21-19(14-17)18-10-6-7-11-20(18)28-21/h3-15H,1-2H3. The maximum Gasteiger partial charge on any atom is 0.163 e. The van der Waals surface area contributed by atoms with Crippen molar-refractivity contribution in [2.24, 2.45) is 0 Å². The molecule has 3 nitrogen and oxygen atoms in total. The molecule has 0 saturated heterocycles. The average Bonchev–Trinajstić information content (AvgIpc) is 3.12. The Kier molecular flexibility index (Phi) is 4.14. The van der Waals surface area contributed by atoms with Crippen LogP contribution in [0.4, 0.5) is 0 Å². The van der Waals surface area contributed by atoms with E-state index in [1.165, 1.54) is 20.2 Å². The first-order chi connectivity index (χ1) is 13.7. The minimum absolute atomic E-state index is 0.231. The molecule has 0 atom stereocenters. The average molecular weight is 382 g/mol. The molecule has 0 saturated carbocycles. The Balaban J connectivity index is 1.71. The molecule has 5 rings (SSSR count). The van der Waals surface area contributed by atoms with E-state index >= 15 is 0 Å². The van der Waals surface area contributed by atoms with Crippen LogP contribution in [-0.2, 0) is 0 Å². The number of hydrogen-bond donors (Lipinski definition) is 0. The zero-order chi connectivity index (χ0) is 19.1. The Morgan fingerprint density at radius 3 is 2.11 bits per heavy atom. The van der Waals surface area contributed by atoms with Crippen LogP contribution in [0, 0.1) is 0 Å². The zero-order valence-electron chi connectivity index (χ0n) is 15.8. The van der Waals surface area contributed by atoms with Crippen LogP contribution in [0.2, 0.25) is 0 Å². The Bertz CT molecular complexity index is 1290. The molecule has 28 heavy (non-hydrogen) atoms. The molecule has 0 fully saturated rings. The van der Waals surface area contributed by atoms with Gasteiger partial charge in [0, 0.05) is 37.2 Å². The van der Waals surface area contributed by atoms with Gasteiger partial charge in [-0.05, 0) is 24.3 Å². The summed E-state index contributed by atoms with van der Waals surface area (Å²) in [7, 11) is 0. The second-order valence-corrected chi connectivity index (χ2v) is 8.25. The van der Waals surface area contributed by atoms with E-state index in [9.17, 15) is 0 Å². The normalized spacial score (nSPS) is 11.5. The molecule has 0 bridgehead atoms. The predicted molar refractivity (Wildman–Crippen MR) is 118 cm³/mol. The minimum Gasteiger partial charge on any atom is -0.213 e. The Morgan fingerprint density at radius 1 is 0.643 bits per heavy atom. The number of thiophene rings is 1. The quantitative estimate of drug-likeness (QED) is 0.349. The number of fused-ring (bicyclic) bond motifs is 3. The lowest BCUT2D eigenvalue weighted by Gasteiger charge is -2.10. The second-order valence-electron chi connectivity index (χ2n) is 7.17. The lowest BCUT2D eigenvalue weighted by Crippen LogP contribution is -2.04. The molecule has 0 amide bonds. The van der Waals surface area contributed by atoms with Gasteiger partial charge in [0.1, 0.15) is 5.82 Å². The van der Waals surface area contributed by atoms with E-state index in [1.54, 1.807) is 0 Å². The first-order valence-electron chi connectivity index (χ1n) is 9.42. The largest absolute Gasteiger partial charge is 0.213 e. The molecule has 5 aromatic rings. The molecular formula is C24H19N3S. The van der Waals surface area contributed by atoms with Crippen molar-refractivity contribution in [1.82, 2.24) is 15.0 Å². The first kappa shape index (κ1) is 17.0. The van der Waals surface area contributed by atoms with Gasteiger partial charge < -0.3 is 0 Å². The fourth-order valence-electron chi connectivity index (χ4n) is 3.36. The van der Waals surface area contributed by atoms with Crippen molar-refractivity contribution in [1.29, 1.82) is 0 Å². The van der Waals surface area contributed by atoms with Gasteiger partial charge in [0.15, 0.2) is 11.6 Å². The summed E-state index contributed by atoms with van der Waals surface area (Å²) in [4.78, 5) is 14.3. The predicted octanol–water partition coefficient (Wildman–Crippen LogP) is 6.70. The van der Waals surface area contributed by atoms with E-state index in [-0.39, 0.29) is 5.92 Å². The maximum absolute atomic E-state index is 4.81. The van der Waals surface area contributed by atoms with Crippen LogP contribution >= 0.6 is 11.3 Å². The summed E-state index contributed by atoms with van der Waals surface area (Å²) in [6.07, 6.45) is 0. The van der Waals surface area contributed by atoms with E-state index < -0.39 is 0 Å². The van der Waals surface area contributed by atoms with Gasteiger partial charge in [0.05, 0.1) is 0 Å². The molecule has 2 heterocycles.